The summed E-state index contributed by atoms with van der Waals surface area (Å²) in [5.41, 5.74) is 1.26. The predicted molar refractivity (Wildman–Crippen MR) is 107 cm³/mol. The Bertz CT molecular complexity index is 527. The van der Waals surface area contributed by atoms with Crippen LogP contribution in [0.3, 0.4) is 0 Å². The maximum atomic E-state index is 12.1. The van der Waals surface area contributed by atoms with E-state index in [1.807, 2.05) is 18.2 Å². The lowest BCUT2D eigenvalue weighted by Gasteiger charge is -2.30. The lowest BCUT2D eigenvalue weighted by atomic mass is 10.0. The van der Waals surface area contributed by atoms with E-state index in [1.54, 1.807) is 0 Å². The number of benzene rings is 1. The van der Waals surface area contributed by atoms with Gasteiger partial charge in [0.2, 0.25) is 11.8 Å². The largest absolute Gasteiger partial charge is 0.353 e. The number of likely N-dealkylation sites (N-methyl/N-ethyl adjacent to an activating group) is 1. The molecule has 0 fully saturated rings. The van der Waals surface area contributed by atoms with Gasteiger partial charge in [-0.1, -0.05) is 58.0 Å². The first-order valence-corrected chi connectivity index (χ1v) is 9.77. The molecule has 0 radical (unpaired) electrons. The van der Waals surface area contributed by atoms with E-state index in [2.05, 4.69) is 55.4 Å². The van der Waals surface area contributed by atoms with Gasteiger partial charge in [-0.05, 0) is 37.4 Å². The molecule has 0 heterocycles. The third-order valence-electron chi connectivity index (χ3n) is 4.57. The smallest absolute Gasteiger partial charge is 0.239 e. The molecule has 0 bridgehead atoms. The number of amides is 2. The van der Waals surface area contributed by atoms with Crippen LogP contribution < -0.4 is 10.6 Å². The summed E-state index contributed by atoms with van der Waals surface area (Å²) >= 11 is 0. The van der Waals surface area contributed by atoms with Crippen molar-refractivity contribution in [2.24, 2.45) is 5.92 Å². The fourth-order valence-corrected chi connectivity index (χ4v) is 2.94. The summed E-state index contributed by atoms with van der Waals surface area (Å²) in [5.74, 6) is 0.300. The number of rotatable bonds is 12. The van der Waals surface area contributed by atoms with Gasteiger partial charge in [-0.15, -0.1) is 0 Å². The maximum Gasteiger partial charge on any atom is 0.239 e. The number of carbonyl (C=O) groups excluding carboxylic acids is 2. The van der Waals surface area contributed by atoms with E-state index in [4.69, 9.17) is 0 Å². The van der Waals surface area contributed by atoms with Crippen molar-refractivity contribution < 1.29 is 9.59 Å². The molecule has 0 spiro atoms. The minimum atomic E-state index is -0.131. The molecule has 1 aromatic rings. The average Bonchev–Trinajstić information content (AvgIpc) is 2.64. The van der Waals surface area contributed by atoms with E-state index >= 15 is 0 Å². The fraction of sp³-hybridized carbons (Fsp3) is 0.619. The summed E-state index contributed by atoms with van der Waals surface area (Å²) in [7, 11) is 0. The lowest BCUT2D eigenvalue weighted by molar-refractivity contribution is -0.126. The summed E-state index contributed by atoms with van der Waals surface area (Å²) < 4.78 is 0. The quantitative estimate of drug-likeness (QED) is 0.602. The van der Waals surface area contributed by atoms with Crippen LogP contribution in [0.2, 0.25) is 0 Å². The Morgan fingerprint density at radius 1 is 1.00 bits per heavy atom. The van der Waals surface area contributed by atoms with Crippen molar-refractivity contribution in [2.45, 2.75) is 53.0 Å². The van der Waals surface area contributed by atoms with Crippen molar-refractivity contribution in [1.29, 1.82) is 0 Å². The Balaban J connectivity index is 2.47. The van der Waals surface area contributed by atoms with Gasteiger partial charge in [-0.2, -0.15) is 0 Å². The molecule has 0 aliphatic carbocycles. The van der Waals surface area contributed by atoms with Crippen molar-refractivity contribution in [3.8, 4) is 0 Å². The average molecular weight is 362 g/mol. The Morgan fingerprint density at radius 2 is 1.65 bits per heavy atom. The zero-order valence-electron chi connectivity index (χ0n) is 16.8. The second-order valence-corrected chi connectivity index (χ2v) is 7.08. The lowest BCUT2D eigenvalue weighted by Crippen LogP contribution is -2.47. The summed E-state index contributed by atoms with van der Waals surface area (Å²) in [5, 5.41) is 5.68. The van der Waals surface area contributed by atoms with Crippen molar-refractivity contribution in [3.63, 3.8) is 0 Å². The van der Waals surface area contributed by atoms with Crippen LogP contribution in [0.1, 0.15) is 46.1 Å². The highest BCUT2D eigenvalue weighted by Gasteiger charge is 2.17. The van der Waals surface area contributed by atoms with Gasteiger partial charge in [-0.25, -0.2) is 0 Å². The summed E-state index contributed by atoms with van der Waals surface area (Å²) in [6.07, 6.45) is 2.21. The highest BCUT2D eigenvalue weighted by atomic mass is 16.2. The molecule has 0 aliphatic heterocycles. The molecule has 1 unspecified atom stereocenters. The van der Waals surface area contributed by atoms with Crippen LogP contribution in [0, 0.1) is 5.92 Å². The fourth-order valence-electron chi connectivity index (χ4n) is 2.94. The van der Waals surface area contributed by atoms with Crippen molar-refractivity contribution >= 4 is 11.8 Å². The van der Waals surface area contributed by atoms with E-state index in [0.717, 1.165) is 25.9 Å². The summed E-state index contributed by atoms with van der Waals surface area (Å²) in [6.45, 7) is 11.0. The van der Waals surface area contributed by atoms with Crippen molar-refractivity contribution in [1.82, 2.24) is 15.5 Å². The summed E-state index contributed by atoms with van der Waals surface area (Å²) in [4.78, 5) is 26.2. The van der Waals surface area contributed by atoms with Gasteiger partial charge in [0.05, 0.1) is 6.54 Å². The molecule has 1 rings (SSSR count). The molecule has 1 aromatic carbocycles. The summed E-state index contributed by atoms with van der Waals surface area (Å²) in [6, 6.07) is 10.6. The molecule has 2 amide bonds. The monoisotopic (exact) mass is 361 g/mol. The highest BCUT2D eigenvalue weighted by molar-refractivity contribution is 5.84. The van der Waals surface area contributed by atoms with Crippen molar-refractivity contribution in [2.75, 3.05) is 26.2 Å². The van der Waals surface area contributed by atoms with Crippen LogP contribution in [0.4, 0.5) is 0 Å². The highest BCUT2D eigenvalue weighted by Crippen LogP contribution is 2.08. The molecule has 0 aliphatic rings. The van der Waals surface area contributed by atoms with Crippen LogP contribution in [0.5, 0.6) is 0 Å². The second kappa shape index (κ2) is 12.5. The molecule has 146 valence electrons. The van der Waals surface area contributed by atoms with E-state index in [1.165, 1.54) is 5.56 Å². The third kappa shape index (κ3) is 8.99. The topological polar surface area (TPSA) is 61.4 Å². The van der Waals surface area contributed by atoms with Gasteiger partial charge >= 0.3 is 0 Å². The molecular weight excluding hydrogens is 326 g/mol. The van der Waals surface area contributed by atoms with Gasteiger partial charge in [0, 0.05) is 19.0 Å². The van der Waals surface area contributed by atoms with Crippen LogP contribution in [0.25, 0.3) is 0 Å². The minimum Gasteiger partial charge on any atom is -0.353 e. The maximum absolute atomic E-state index is 12.1. The van der Waals surface area contributed by atoms with Crippen LogP contribution in [-0.4, -0.2) is 48.9 Å². The Labute approximate surface area is 158 Å². The Kier molecular flexibility index (Phi) is 10.6. The second-order valence-electron chi connectivity index (χ2n) is 7.08. The van der Waals surface area contributed by atoms with Crippen LogP contribution >= 0.6 is 0 Å². The zero-order valence-corrected chi connectivity index (χ0v) is 16.8. The van der Waals surface area contributed by atoms with E-state index in [-0.39, 0.29) is 24.4 Å². The number of nitrogens with zero attached hydrogens (tertiary/aromatic N) is 1. The normalized spacial score (nSPS) is 12.2. The first-order valence-electron chi connectivity index (χ1n) is 9.77. The molecule has 5 heteroatoms. The molecular formula is C21H35N3O2. The number of hydrogen-bond acceptors (Lipinski definition) is 3. The van der Waals surface area contributed by atoms with E-state index < -0.39 is 0 Å². The Morgan fingerprint density at radius 3 is 2.23 bits per heavy atom. The molecule has 0 aromatic heterocycles. The molecule has 2 N–H and O–H groups in total. The number of carbonyl (C=O) groups is 2. The molecule has 0 saturated heterocycles. The molecule has 1 atom stereocenters. The van der Waals surface area contributed by atoms with Crippen LogP contribution in [-0.2, 0) is 16.0 Å². The molecule has 0 saturated carbocycles. The first-order chi connectivity index (χ1) is 12.5. The zero-order chi connectivity index (χ0) is 19.4. The SMILES string of the molecule is CCN(CC)C(CNC(=O)CNC(=O)CCC(C)C)Cc1ccccc1. The van der Waals surface area contributed by atoms with Crippen LogP contribution in [0.15, 0.2) is 30.3 Å². The number of nitrogens with one attached hydrogen (secondary N) is 2. The van der Waals surface area contributed by atoms with Gasteiger partial charge in [0.15, 0.2) is 0 Å². The predicted octanol–water partition coefficient (Wildman–Crippen LogP) is 2.61. The van der Waals surface area contributed by atoms with Gasteiger partial charge in [0.25, 0.3) is 0 Å². The number of hydrogen-bond donors (Lipinski definition) is 2. The molecule has 5 nitrogen and oxygen atoms in total. The van der Waals surface area contributed by atoms with Gasteiger partial charge < -0.3 is 10.6 Å². The molecule has 26 heavy (non-hydrogen) atoms. The standard InChI is InChI=1S/C21H35N3O2/c1-5-24(6-2)19(14-18-10-8-7-9-11-18)15-22-21(26)16-23-20(25)13-12-17(3)4/h7-11,17,19H,5-6,12-16H2,1-4H3,(H,22,26)(H,23,25). The van der Waals surface area contributed by atoms with E-state index in [0.29, 0.717) is 18.9 Å². The Hall–Kier alpha value is -1.88. The van der Waals surface area contributed by atoms with E-state index in [9.17, 15) is 9.59 Å². The van der Waals surface area contributed by atoms with Gasteiger partial charge in [-0.3, -0.25) is 14.5 Å². The first kappa shape index (κ1) is 22.2. The van der Waals surface area contributed by atoms with Gasteiger partial charge in [0.1, 0.15) is 0 Å². The minimum absolute atomic E-state index is 0.0488. The third-order valence-corrected chi connectivity index (χ3v) is 4.57. The van der Waals surface area contributed by atoms with Crippen molar-refractivity contribution in [3.05, 3.63) is 35.9 Å².